The first-order chi connectivity index (χ1) is 22.8. The van der Waals surface area contributed by atoms with Crippen LogP contribution in [0, 0.1) is 12.8 Å². The Labute approximate surface area is 286 Å². The zero-order valence-electron chi connectivity index (χ0n) is 27.0. The van der Waals surface area contributed by atoms with E-state index in [4.69, 9.17) is 9.47 Å². The lowest BCUT2D eigenvalue weighted by atomic mass is 9.93. The van der Waals surface area contributed by atoms with Gasteiger partial charge in [-0.25, -0.2) is 13.4 Å². The van der Waals surface area contributed by atoms with Gasteiger partial charge in [0.25, 0.3) is 0 Å². The van der Waals surface area contributed by atoms with Crippen molar-refractivity contribution < 1.29 is 31.1 Å². The number of methoxy groups -OCH3 is 1. The number of halogens is 4. The predicted octanol–water partition coefficient (Wildman–Crippen LogP) is 6.59. The van der Waals surface area contributed by atoms with Crippen molar-refractivity contribution in [1.82, 2.24) is 14.9 Å². The Morgan fingerprint density at radius 1 is 1.00 bits per heavy atom. The minimum Gasteiger partial charge on any atom is -0.494 e. The van der Waals surface area contributed by atoms with Gasteiger partial charge in [-0.05, 0) is 84.9 Å². The van der Waals surface area contributed by atoms with Gasteiger partial charge in [0.2, 0.25) is 16.0 Å². The number of aromatic nitrogens is 2. The fraction of sp³-hybridized carbons (Fsp3) is 0.500. The molecule has 0 amide bonds. The molecule has 0 saturated carbocycles. The first-order valence-electron chi connectivity index (χ1n) is 15.9. The normalized spacial score (nSPS) is 17.9. The molecule has 3 N–H and O–H groups in total. The van der Waals surface area contributed by atoms with Crippen molar-refractivity contribution in [2.75, 3.05) is 66.4 Å². The Bertz CT molecular complexity index is 1760. The third-order valence-corrected chi connectivity index (χ3v) is 10.4. The van der Waals surface area contributed by atoms with Crippen molar-refractivity contribution >= 4 is 60.5 Å². The van der Waals surface area contributed by atoms with Gasteiger partial charge in [0.1, 0.15) is 17.3 Å². The highest BCUT2D eigenvalue weighted by Crippen LogP contribution is 2.40. The largest absolute Gasteiger partial charge is 0.494 e. The second-order valence-electron chi connectivity index (χ2n) is 12.5. The van der Waals surface area contributed by atoms with E-state index in [1.165, 1.54) is 0 Å². The number of nitrogens with zero attached hydrogens (tertiary/aromatic N) is 4. The predicted molar refractivity (Wildman–Crippen MR) is 184 cm³/mol. The van der Waals surface area contributed by atoms with Crippen LogP contribution in [0.1, 0.15) is 36.8 Å². The molecule has 0 unspecified atom stereocenters. The summed E-state index contributed by atoms with van der Waals surface area (Å²) in [4.78, 5) is 13.6. The van der Waals surface area contributed by atoms with E-state index in [9.17, 15) is 21.6 Å². The molecule has 16 heteroatoms. The molecule has 1 aromatic heterocycles. The number of fused-ring (bicyclic) bond motifs is 1. The summed E-state index contributed by atoms with van der Waals surface area (Å²) in [7, 11) is -1.95. The van der Waals surface area contributed by atoms with Crippen molar-refractivity contribution in [2.45, 2.75) is 51.2 Å². The monoisotopic (exact) mass is 753 g/mol. The number of rotatable bonds is 9. The summed E-state index contributed by atoms with van der Waals surface area (Å²) in [5, 5.41) is 6.47. The maximum absolute atomic E-state index is 13.1. The molecule has 0 spiro atoms. The minimum atomic E-state index is -4.10. The summed E-state index contributed by atoms with van der Waals surface area (Å²) in [5.41, 5.74) is 4.49. The summed E-state index contributed by atoms with van der Waals surface area (Å²) in [6.07, 6.45) is 1.41. The molecule has 48 heavy (non-hydrogen) atoms. The number of anilines is 6. The molecular weight excluding hydrogens is 715 g/mol. The van der Waals surface area contributed by atoms with Gasteiger partial charge >= 0.3 is 6.18 Å². The van der Waals surface area contributed by atoms with E-state index in [2.05, 4.69) is 51.1 Å². The average molecular weight is 755 g/mol. The Balaban J connectivity index is 1.15. The molecule has 6 rings (SSSR count). The molecule has 3 aliphatic rings. The maximum Gasteiger partial charge on any atom is 0.391 e. The molecule has 4 heterocycles. The van der Waals surface area contributed by atoms with Crippen LogP contribution in [0.25, 0.3) is 0 Å². The molecule has 11 nitrogen and oxygen atoms in total. The van der Waals surface area contributed by atoms with Gasteiger partial charge in [0.05, 0.1) is 47.4 Å². The highest BCUT2D eigenvalue weighted by Gasteiger charge is 2.42. The number of ether oxygens (including phenoxy) is 2. The smallest absolute Gasteiger partial charge is 0.391 e. The lowest BCUT2D eigenvalue weighted by Crippen LogP contribution is -2.49. The van der Waals surface area contributed by atoms with Crippen LogP contribution in [-0.4, -0.2) is 81.7 Å². The average Bonchev–Trinajstić information content (AvgIpc) is 3.49. The number of aryl methyl sites for hydroxylation is 1. The number of sulfonamides is 1. The molecular formula is C32H39BrF3N7O4S. The van der Waals surface area contributed by atoms with Crippen LogP contribution >= 0.6 is 15.9 Å². The zero-order chi connectivity index (χ0) is 34.2. The summed E-state index contributed by atoms with van der Waals surface area (Å²) in [6.45, 7) is 5.14. The molecule has 0 atom stereocenters. The van der Waals surface area contributed by atoms with Crippen molar-refractivity contribution in [2.24, 2.45) is 5.92 Å². The molecule has 2 fully saturated rings. The van der Waals surface area contributed by atoms with Crippen molar-refractivity contribution in [1.29, 1.82) is 0 Å². The van der Waals surface area contributed by atoms with Gasteiger partial charge in [-0.15, -0.1) is 0 Å². The number of likely N-dealkylation sites (tertiary alicyclic amines) is 1. The van der Waals surface area contributed by atoms with Crippen molar-refractivity contribution in [3.63, 3.8) is 0 Å². The van der Waals surface area contributed by atoms with Crippen LogP contribution in [0.15, 0.2) is 34.9 Å². The quantitative estimate of drug-likeness (QED) is 0.221. The van der Waals surface area contributed by atoms with Crippen LogP contribution in [0.2, 0.25) is 0 Å². The Kier molecular flexibility index (Phi) is 9.87. The Morgan fingerprint density at radius 2 is 1.73 bits per heavy atom. The molecule has 3 aliphatic heterocycles. The molecule has 0 aliphatic carbocycles. The minimum absolute atomic E-state index is 0.179. The summed E-state index contributed by atoms with van der Waals surface area (Å²) in [5.74, 6) is 0.785. The second kappa shape index (κ2) is 13.8. The van der Waals surface area contributed by atoms with Gasteiger partial charge in [-0.2, -0.15) is 18.2 Å². The van der Waals surface area contributed by atoms with Gasteiger partial charge < -0.3 is 29.9 Å². The van der Waals surface area contributed by atoms with Gasteiger partial charge in [-0.1, -0.05) is 0 Å². The van der Waals surface area contributed by atoms with Crippen LogP contribution < -0.4 is 29.7 Å². The highest BCUT2D eigenvalue weighted by molar-refractivity contribution is 9.10. The highest BCUT2D eigenvalue weighted by atomic mass is 79.9. The first-order valence-corrected chi connectivity index (χ1v) is 18.5. The number of nitrogens with one attached hydrogen (secondary N) is 3. The zero-order valence-corrected chi connectivity index (χ0v) is 29.4. The third kappa shape index (κ3) is 7.86. The van der Waals surface area contributed by atoms with E-state index < -0.39 is 22.1 Å². The molecule has 0 bridgehead atoms. The number of benzene rings is 2. The summed E-state index contributed by atoms with van der Waals surface area (Å²) in [6, 6.07) is 7.77. The Hall–Kier alpha value is -3.50. The maximum atomic E-state index is 13.1. The molecule has 3 aromatic rings. The lowest BCUT2D eigenvalue weighted by molar-refractivity contribution is -0.186. The number of hydrogen-bond acceptors (Lipinski definition) is 10. The molecule has 0 radical (unpaired) electrons. The fourth-order valence-corrected chi connectivity index (χ4v) is 7.58. The van der Waals surface area contributed by atoms with E-state index in [-0.39, 0.29) is 18.8 Å². The topological polar surface area (TPSA) is 121 Å². The SMILES string of the molecule is COc1cc(N2CCC(N3CCC(C(F)(F)F)CC3)CC2)c(C)cc1Nc1ncc(Br)c(Nc2cc3c(cc2NS(C)(=O)=O)CCO3)n1. The second-order valence-corrected chi connectivity index (χ2v) is 15.1. The van der Waals surface area contributed by atoms with Crippen LogP contribution in [0.4, 0.5) is 47.7 Å². The molecule has 2 aromatic carbocycles. The van der Waals surface area contributed by atoms with E-state index >= 15 is 0 Å². The van der Waals surface area contributed by atoms with Gasteiger partial charge in [0.15, 0.2) is 0 Å². The molecule has 2 saturated heterocycles. The summed E-state index contributed by atoms with van der Waals surface area (Å²) < 4.78 is 78.2. The van der Waals surface area contributed by atoms with E-state index in [1.54, 1.807) is 25.4 Å². The van der Waals surface area contributed by atoms with Gasteiger partial charge in [0, 0.05) is 49.6 Å². The lowest BCUT2D eigenvalue weighted by Gasteiger charge is -2.43. The third-order valence-electron chi connectivity index (χ3n) is 9.20. The standard InChI is InChI=1S/C32H39BrF3N7O4S/c1-19-14-26(29(46-2)17-27(19)43-11-6-22(7-12-43)42-9-4-21(5-10-42)32(34,35)36)39-31-37-18-23(33)30(40-31)38-24-16-28-20(8-13-47-28)15-25(24)41-48(3,44)45/h14-18,21-22,41H,4-13H2,1-3H3,(H2,37,38,39,40). The van der Waals surface area contributed by atoms with Crippen LogP contribution in [0.3, 0.4) is 0 Å². The Morgan fingerprint density at radius 3 is 2.40 bits per heavy atom. The number of piperidine rings is 2. The molecule has 260 valence electrons. The number of alkyl halides is 3. The van der Waals surface area contributed by atoms with Crippen LogP contribution in [0.5, 0.6) is 11.5 Å². The van der Waals surface area contributed by atoms with Gasteiger partial charge in [-0.3, -0.25) is 4.72 Å². The first kappa shape index (κ1) is 34.4. The van der Waals surface area contributed by atoms with Crippen LogP contribution in [-0.2, 0) is 16.4 Å². The van der Waals surface area contributed by atoms with Crippen molar-refractivity contribution in [3.8, 4) is 11.5 Å². The van der Waals surface area contributed by atoms with Crippen molar-refractivity contribution in [3.05, 3.63) is 46.1 Å². The van der Waals surface area contributed by atoms with E-state index in [1.807, 2.05) is 19.1 Å². The van der Waals surface area contributed by atoms with E-state index in [0.29, 0.717) is 71.0 Å². The number of hydrogen-bond donors (Lipinski definition) is 3. The fourth-order valence-electron chi connectivity index (χ4n) is 6.72. The van der Waals surface area contributed by atoms with E-state index in [0.717, 1.165) is 49.0 Å². The summed E-state index contributed by atoms with van der Waals surface area (Å²) >= 11 is 3.49.